The normalized spacial score (nSPS) is 12.9. The molecule has 0 saturated carbocycles. The first-order valence-corrected chi connectivity index (χ1v) is 25.3. The van der Waals surface area contributed by atoms with Gasteiger partial charge >= 0.3 is 17.9 Å². The zero-order chi connectivity index (χ0) is 45.1. The molecule has 6 heteroatoms. The second kappa shape index (κ2) is 50.0. The first kappa shape index (κ1) is 58.3. The van der Waals surface area contributed by atoms with Gasteiger partial charge in [0.1, 0.15) is 13.2 Å². The zero-order valence-corrected chi connectivity index (χ0v) is 40.1. The van der Waals surface area contributed by atoms with E-state index in [0.29, 0.717) is 12.8 Å². The molecule has 0 rings (SSSR count). The van der Waals surface area contributed by atoms with E-state index >= 15 is 0 Å². The molecule has 1 atom stereocenters. The van der Waals surface area contributed by atoms with Crippen molar-refractivity contribution in [3.63, 3.8) is 0 Å². The van der Waals surface area contributed by atoms with Crippen molar-refractivity contribution in [3.8, 4) is 0 Å². The van der Waals surface area contributed by atoms with Gasteiger partial charge in [-0.15, -0.1) is 0 Å². The van der Waals surface area contributed by atoms with Crippen molar-refractivity contribution in [2.45, 2.75) is 226 Å². The average molecular weight is 861 g/mol. The minimum Gasteiger partial charge on any atom is -0.462 e. The molecule has 0 spiro atoms. The molecule has 0 radical (unpaired) electrons. The van der Waals surface area contributed by atoms with Gasteiger partial charge in [-0.3, -0.25) is 14.4 Å². The van der Waals surface area contributed by atoms with Gasteiger partial charge in [0.15, 0.2) is 6.10 Å². The summed E-state index contributed by atoms with van der Waals surface area (Å²) in [5, 5.41) is 0. The second-order valence-electron chi connectivity index (χ2n) is 16.3. The summed E-state index contributed by atoms with van der Waals surface area (Å²) in [6.07, 6.45) is 65.3. The molecule has 0 saturated heterocycles. The van der Waals surface area contributed by atoms with E-state index in [1.807, 2.05) is 0 Å². The van der Waals surface area contributed by atoms with E-state index < -0.39 is 6.10 Å². The van der Waals surface area contributed by atoms with Crippen LogP contribution in [0.1, 0.15) is 220 Å². The Balaban J connectivity index is 4.51. The first-order valence-electron chi connectivity index (χ1n) is 25.3. The average Bonchev–Trinajstić information content (AvgIpc) is 3.27. The first-order chi connectivity index (χ1) is 30.5. The molecule has 0 aromatic rings. The Labute approximate surface area is 381 Å². The monoisotopic (exact) mass is 861 g/mol. The number of carbonyl (C=O) groups excluding carboxylic acids is 3. The van der Waals surface area contributed by atoms with Crippen LogP contribution in [0.3, 0.4) is 0 Å². The van der Waals surface area contributed by atoms with Crippen LogP contribution in [-0.2, 0) is 28.6 Å². The smallest absolute Gasteiger partial charge is 0.306 e. The largest absolute Gasteiger partial charge is 0.462 e. The number of unbranched alkanes of at least 4 members (excludes halogenated alkanes) is 18. The Morgan fingerprint density at radius 3 is 1.10 bits per heavy atom. The Morgan fingerprint density at radius 2 is 0.677 bits per heavy atom. The van der Waals surface area contributed by atoms with E-state index in [1.54, 1.807) is 0 Å². The van der Waals surface area contributed by atoms with Crippen LogP contribution >= 0.6 is 0 Å². The van der Waals surface area contributed by atoms with Crippen LogP contribution in [0, 0.1) is 0 Å². The fourth-order valence-electron chi connectivity index (χ4n) is 6.58. The molecule has 0 N–H and O–H groups in total. The molecule has 0 heterocycles. The predicted octanol–water partition coefficient (Wildman–Crippen LogP) is 16.6. The van der Waals surface area contributed by atoms with Crippen LogP contribution in [-0.4, -0.2) is 37.2 Å². The molecular formula is C56H92O6. The molecule has 0 amide bonds. The summed E-state index contributed by atoms with van der Waals surface area (Å²) in [7, 11) is 0. The van der Waals surface area contributed by atoms with Crippen molar-refractivity contribution in [3.05, 3.63) is 97.2 Å². The third kappa shape index (κ3) is 47.4. The van der Waals surface area contributed by atoms with Gasteiger partial charge in [-0.1, -0.05) is 189 Å². The molecule has 0 aromatic carbocycles. The number of hydrogen-bond acceptors (Lipinski definition) is 6. The summed E-state index contributed by atoms with van der Waals surface area (Å²) < 4.78 is 16.7. The van der Waals surface area contributed by atoms with Crippen LogP contribution < -0.4 is 0 Å². The number of allylic oxidation sites excluding steroid dienone is 16. The van der Waals surface area contributed by atoms with Crippen LogP contribution in [0.25, 0.3) is 0 Å². The summed E-state index contributed by atoms with van der Waals surface area (Å²) >= 11 is 0. The van der Waals surface area contributed by atoms with Crippen molar-refractivity contribution < 1.29 is 28.6 Å². The third-order valence-electron chi connectivity index (χ3n) is 10.3. The lowest BCUT2D eigenvalue weighted by molar-refractivity contribution is -0.167. The fraction of sp³-hybridized carbons (Fsp3) is 0.661. The molecule has 1 unspecified atom stereocenters. The van der Waals surface area contributed by atoms with Crippen LogP contribution in [0.2, 0.25) is 0 Å². The molecule has 0 aliphatic heterocycles. The number of esters is 3. The Bertz CT molecular complexity index is 1260. The molecule has 0 aliphatic carbocycles. The van der Waals surface area contributed by atoms with Crippen molar-refractivity contribution in [1.29, 1.82) is 0 Å². The summed E-state index contributed by atoms with van der Waals surface area (Å²) in [4.78, 5) is 37.9. The van der Waals surface area contributed by atoms with E-state index in [1.165, 1.54) is 44.9 Å². The highest BCUT2D eigenvalue weighted by Gasteiger charge is 2.19. The number of ether oxygens (including phenoxy) is 3. The van der Waals surface area contributed by atoms with Crippen molar-refractivity contribution in [1.82, 2.24) is 0 Å². The highest BCUT2D eigenvalue weighted by molar-refractivity contribution is 5.71. The molecule has 352 valence electrons. The summed E-state index contributed by atoms with van der Waals surface area (Å²) in [6, 6.07) is 0. The van der Waals surface area contributed by atoms with Gasteiger partial charge in [0.2, 0.25) is 0 Å². The van der Waals surface area contributed by atoms with Gasteiger partial charge < -0.3 is 14.2 Å². The Hall–Kier alpha value is -3.67. The molecule has 62 heavy (non-hydrogen) atoms. The van der Waals surface area contributed by atoms with Gasteiger partial charge in [0, 0.05) is 19.3 Å². The van der Waals surface area contributed by atoms with Crippen molar-refractivity contribution >= 4 is 17.9 Å². The second-order valence-corrected chi connectivity index (χ2v) is 16.3. The van der Waals surface area contributed by atoms with E-state index in [0.717, 1.165) is 135 Å². The maximum atomic E-state index is 12.8. The highest BCUT2D eigenvalue weighted by Crippen LogP contribution is 2.12. The van der Waals surface area contributed by atoms with Gasteiger partial charge in [0.25, 0.3) is 0 Å². The lowest BCUT2D eigenvalue weighted by Crippen LogP contribution is -2.30. The third-order valence-corrected chi connectivity index (χ3v) is 10.3. The molecule has 0 bridgehead atoms. The highest BCUT2D eigenvalue weighted by atomic mass is 16.6. The molecular weight excluding hydrogens is 769 g/mol. The van der Waals surface area contributed by atoms with Gasteiger partial charge in [-0.05, 0) is 109 Å². The van der Waals surface area contributed by atoms with E-state index in [2.05, 4.69) is 118 Å². The zero-order valence-electron chi connectivity index (χ0n) is 40.1. The minimum absolute atomic E-state index is 0.108. The van der Waals surface area contributed by atoms with E-state index in [9.17, 15) is 14.4 Å². The van der Waals surface area contributed by atoms with Crippen LogP contribution in [0.4, 0.5) is 0 Å². The van der Waals surface area contributed by atoms with E-state index in [4.69, 9.17) is 14.2 Å². The topological polar surface area (TPSA) is 78.9 Å². The van der Waals surface area contributed by atoms with Crippen LogP contribution in [0.15, 0.2) is 97.2 Å². The van der Waals surface area contributed by atoms with Crippen molar-refractivity contribution in [2.75, 3.05) is 13.2 Å². The minimum atomic E-state index is -0.810. The maximum absolute atomic E-state index is 12.8. The van der Waals surface area contributed by atoms with Gasteiger partial charge in [0.05, 0.1) is 0 Å². The lowest BCUT2D eigenvalue weighted by Gasteiger charge is -2.18. The lowest BCUT2D eigenvalue weighted by atomic mass is 10.1. The number of hydrogen-bond donors (Lipinski definition) is 0. The maximum Gasteiger partial charge on any atom is 0.306 e. The predicted molar refractivity (Wildman–Crippen MR) is 265 cm³/mol. The number of carbonyl (C=O) groups is 3. The molecule has 6 nitrogen and oxygen atoms in total. The van der Waals surface area contributed by atoms with Crippen molar-refractivity contribution in [2.24, 2.45) is 0 Å². The molecule has 0 aromatic heterocycles. The number of rotatable bonds is 44. The molecule has 0 aliphatic rings. The molecule has 0 fully saturated rings. The fourth-order valence-corrected chi connectivity index (χ4v) is 6.58. The van der Waals surface area contributed by atoms with Gasteiger partial charge in [-0.2, -0.15) is 0 Å². The quantitative estimate of drug-likeness (QED) is 0.0200. The SMILES string of the molecule is CC/C=C\C/C=C\C/C=C\CCCCCCC(=O)OCC(COC(=O)CCCCC/C=C\C=C/CCCCCCCCC)OC(=O)CCCCCC/C=C\C/C=C\C/C=C\CC. The summed E-state index contributed by atoms with van der Waals surface area (Å²) in [6.45, 7) is 6.33. The Kier molecular flexibility index (Phi) is 47.0. The summed E-state index contributed by atoms with van der Waals surface area (Å²) in [5.74, 6) is -0.983. The van der Waals surface area contributed by atoms with E-state index in [-0.39, 0.29) is 37.5 Å². The van der Waals surface area contributed by atoms with Gasteiger partial charge in [-0.25, -0.2) is 0 Å². The standard InChI is InChI=1S/C56H92O6/c1-4-7-10-13-16-19-22-25-28-29-32-34-37-40-43-46-49-55(58)61-52-53(62-56(59)50-47-44-41-38-35-31-27-24-21-18-15-12-9-6-3)51-60-54(57)48-45-42-39-36-33-30-26-23-20-17-14-11-8-5-2/h8-9,11-12,17-18,20-21,26-32,34,53H,4-7,10,13-16,19,22-25,33,35-52H2,1-3H3/b11-8-,12-9-,20-17-,21-18-,29-28-,30-26-,31-27-,34-32-. The Morgan fingerprint density at radius 1 is 0.355 bits per heavy atom. The van der Waals surface area contributed by atoms with Crippen LogP contribution in [0.5, 0.6) is 0 Å². The summed E-state index contributed by atoms with van der Waals surface area (Å²) in [5.41, 5.74) is 0.